The summed E-state index contributed by atoms with van der Waals surface area (Å²) < 4.78 is 6.22. The topological polar surface area (TPSA) is 92.5 Å². The predicted molar refractivity (Wildman–Crippen MR) is 90.0 cm³/mol. The van der Waals surface area contributed by atoms with Gasteiger partial charge in [-0.3, -0.25) is 9.89 Å². The van der Waals surface area contributed by atoms with Crippen molar-refractivity contribution in [2.75, 3.05) is 7.11 Å². The number of rotatable bonds is 3. The lowest BCUT2D eigenvalue weighted by Crippen LogP contribution is -2.32. The standard InChI is InChI=1S/C15H18N4O3S/c1-15(2,3)12-13(21)19(14(23)18-17-12)16-8-9-5-6-10(20)11(7-9)22-4/h5-8,20H,1-4H3,(H,18,23)/b16-8-. The molecule has 0 atom stereocenters. The molecule has 2 N–H and O–H groups in total. The maximum atomic E-state index is 12.5. The normalized spacial score (nSPS) is 11.8. The van der Waals surface area contributed by atoms with Gasteiger partial charge in [0.1, 0.15) is 5.69 Å². The largest absolute Gasteiger partial charge is 0.504 e. The number of ether oxygens (including phenoxy) is 1. The molecular weight excluding hydrogens is 316 g/mol. The number of hydrogen-bond acceptors (Lipinski definition) is 6. The van der Waals surface area contributed by atoms with Gasteiger partial charge in [0, 0.05) is 5.41 Å². The number of hydrogen-bond donors (Lipinski definition) is 2. The molecule has 0 aliphatic rings. The Kier molecular flexibility index (Phi) is 4.65. The van der Waals surface area contributed by atoms with Crippen LogP contribution in [0.1, 0.15) is 32.0 Å². The van der Waals surface area contributed by atoms with Crippen molar-refractivity contribution in [3.63, 3.8) is 0 Å². The average Bonchev–Trinajstić information content (AvgIpc) is 2.47. The van der Waals surface area contributed by atoms with Crippen molar-refractivity contribution >= 4 is 18.4 Å². The zero-order valence-corrected chi connectivity index (χ0v) is 14.1. The molecule has 122 valence electrons. The Labute approximate surface area is 138 Å². The van der Waals surface area contributed by atoms with Gasteiger partial charge in [0.15, 0.2) is 11.5 Å². The third-order valence-corrected chi connectivity index (χ3v) is 3.35. The Morgan fingerprint density at radius 2 is 2.13 bits per heavy atom. The first kappa shape index (κ1) is 16.9. The molecule has 0 unspecified atom stereocenters. The van der Waals surface area contributed by atoms with Crippen LogP contribution >= 0.6 is 12.2 Å². The van der Waals surface area contributed by atoms with Gasteiger partial charge in [0.25, 0.3) is 5.56 Å². The molecule has 0 aliphatic heterocycles. The van der Waals surface area contributed by atoms with Crippen LogP contribution in [0.15, 0.2) is 28.1 Å². The number of phenolic OH excluding ortho intramolecular Hbond substituents is 1. The summed E-state index contributed by atoms with van der Waals surface area (Å²) in [6.07, 6.45) is 1.46. The predicted octanol–water partition coefficient (Wildman–Crippen LogP) is 2.19. The highest BCUT2D eigenvalue weighted by atomic mass is 32.1. The van der Waals surface area contributed by atoms with Gasteiger partial charge >= 0.3 is 0 Å². The Morgan fingerprint density at radius 3 is 2.74 bits per heavy atom. The summed E-state index contributed by atoms with van der Waals surface area (Å²) in [5, 5.41) is 20.3. The van der Waals surface area contributed by atoms with Crippen LogP contribution in [-0.4, -0.2) is 33.3 Å². The highest BCUT2D eigenvalue weighted by molar-refractivity contribution is 7.71. The van der Waals surface area contributed by atoms with Crippen molar-refractivity contribution in [1.29, 1.82) is 0 Å². The second-order valence-corrected chi connectivity index (χ2v) is 6.31. The van der Waals surface area contributed by atoms with E-state index in [9.17, 15) is 9.90 Å². The van der Waals surface area contributed by atoms with Crippen molar-refractivity contribution < 1.29 is 9.84 Å². The maximum absolute atomic E-state index is 12.5. The van der Waals surface area contributed by atoms with Crippen LogP contribution in [0.3, 0.4) is 0 Å². The first-order valence-electron chi connectivity index (χ1n) is 6.87. The number of H-pyrrole nitrogens is 1. The number of nitrogens with zero attached hydrogens (tertiary/aromatic N) is 3. The Morgan fingerprint density at radius 1 is 1.43 bits per heavy atom. The molecule has 2 rings (SSSR count). The second kappa shape index (κ2) is 6.33. The zero-order valence-electron chi connectivity index (χ0n) is 13.3. The third kappa shape index (κ3) is 3.65. The molecule has 2 aromatic rings. The number of methoxy groups -OCH3 is 1. The van der Waals surface area contributed by atoms with E-state index < -0.39 is 5.41 Å². The van der Waals surface area contributed by atoms with Crippen LogP contribution in [-0.2, 0) is 5.41 Å². The minimum atomic E-state index is -0.435. The van der Waals surface area contributed by atoms with Gasteiger partial charge in [-0.15, -0.1) is 0 Å². The van der Waals surface area contributed by atoms with E-state index in [1.807, 2.05) is 20.8 Å². The minimum Gasteiger partial charge on any atom is -0.504 e. The van der Waals surface area contributed by atoms with Gasteiger partial charge in [-0.05, 0) is 36.0 Å². The molecule has 0 saturated heterocycles. The van der Waals surface area contributed by atoms with Crippen molar-refractivity contribution in [2.45, 2.75) is 26.2 Å². The highest BCUT2D eigenvalue weighted by Crippen LogP contribution is 2.25. The van der Waals surface area contributed by atoms with Crippen LogP contribution in [0.25, 0.3) is 0 Å². The summed E-state index contributed by atoms with van der Waals surface area (Å²) in [6.45, 7) is 5.64. The van der Waals surface area contributed by atoms with E-state index >= 15 is 0 Å². The summed E-state index contributed by atoms with van der Waals surface area (Å²) in [6, 6.07) is 4.73. The molecule has 0 spiro atoms. The fourth-order valence-corrected chi connectivity index (χ4v) is 2.06. The molecule has 0 radical (unpaired) electrons. The minimum absolute atomic E-state index is 0.0260. The second-order valence-electron chi connectivity index (χ2n) is 5.92. The van der Waals surface area contributed by atoms with Crippen molar-refractivity contribution in [3.8, 4) is 11.5 Å². The Hall–Kier alpha value is -2.48. The van der Waals surface area contributed by atoms with Crippen molar-refractivity contribution in [1.82, 2.24) is 14.9 Å². The SMILES string of the molecule is COc1cc(/C=N\n2c(=S)[nH]nc(C(C)(C)C)c2=O)ccc1O. The third-order valence-electron chi connectivity index (χ3n) is 3.09. The summed E-state index contributed by atoms with van der Waals surface area (Å²) in [4.78, 5) is 12.5. The molecule has 7 nitrogen and oxygen atoms in total. The van der Waals surface area contributed by atoms with Gasteiger partial charge in [0.05, 0.1) is 13.3 Å². The molecule has 0 aliphatic carbocycles. The van der Waals surface area contributed by atoms with E-state index in [4.69, 9.17) is 17.0 Å². The molecule has 0 bridgehead atoms. The van der Waals surface area contributed by atoms with Crippen LogP contribution in [0.2, 0.25) is 0 Å². The summed E-state index contributed by atoms with van der Waals surface area (Å²) in [5.74, 6) is 0.342. The molecule has 8 heteroatoms. The Bertz CT molecular complexity index is 862. The van der Waals surface area contributed by atoms with Crippen molar-refractivity contribution in [2.24, 2.45) is 5.10 Å². The van der Waals surface area contributed by atoms with Crippen LogP contribution in [0.5, 0.6) is 11.5 Å². The van der Waals surface area contributed by atoms with E-state index in [1.54, 1.807) is 12.1 Å². The lowest BCUT2D eigenvalue weighted by Gasteiger charge is -2.16. The summed E-state index contributed by atoms with van der Waals surface area (Å²) in [7, 11) is 1.45. The fraction of sp³-hybridized carbons (Fsp3) is 0.333. The lowest BCUT2D eigenvalue weighted by atomic mass is 9.93. The van der Waals surface area contributed by atoms with Crippen molar-refractivity contribution in [3.05, 3.63) is 44.6 Å². The van der Waals surface area contributed by atoms with E-state index in [0.29, 0.717) is 17.0 Å². The maximum Gasteiger partial charge on any atom is 0.297 e. The van der Waals surface area contributed by atoms with E-state index in [-0.39, 0.29) is 16.1 Å². The summed E-state index contributed by atoms with van der Waals surface area (Å²) >= 11 is 5.07. The number of aromatic hydroxyl groups is 1. The highest BCUT2D eigenvalue weighted by Gasteiger charge is 2.21. The van der Waals surface area contributed by atoms with Crippen LogP contribution in [0, 0.1) is 4.77 Å². The number of benzene rings is 1. The van der Waals surface area contributed by atoms with Gasteiger partial charge in [-0.25, -0.2) is 0 Å². The molecule has 23 heavy (non-hydrogen) atoms. The quantitative estimate of drug-likeness (QED) is 0.663. The molecule has 0 fully saturated rings. The zero-order chi connectivity index (χ0) is 17.2. The van der Waals surface area contributed by atoms with E-state index in [0.717, 1.165) is 4.68 Å². The molecule has 1 aromatic heterocycles. The van der Waals surface area contributed by atoms with Crippen LogP contribution < -0.4 is 10.3 Å². The molecule has 1 aromatic carbocycles. The van der Waals surface area contributed by atoms with Crippen LogP contribution in [0.4, 0.5) is 0 Å². The number of nitrogens with one attached hydrogen (secondary N) is 1. The van der Waals surface area contributed by atoms with Gasteiger partial charge in [0.2, 0.25) is 4.77 Å². The van der Waals surface area contributed by atoms with Gasteiger partial charge in [-0.1, -0.05) is 20.8 Å². The Balaban J connectivity index is 2.48. The van der Waals surface area contributed by atoms with E-state index in [1.165, 1.54) is 19.4 Å². The average molecular weight is 334 g/mol. The number of aromatic amines is 1. The fourth-order valence-electron chi connectivity index (χ4n) is 1.88. The lowest BCUT2D eigenvalue weighted by molar-refractivity contribution is 0.373. The number of aromatic nitrogens is 3. The molecule has 1 heterocycles. The smallest absolute Gasteiger partial charge is 0.297 e. The molecule has 0 saturated carbocycles. The number of phenols is 1. The summed E-state index contributed by atoms with van der Waals surface area (Å²) in [5.41, 5.74) is 0.181. The molecular formula is C15H18N4O3S. The van der Waals surface area contributed by atoms with Gasteiger partial charge < -0.3 is 9.84 Å². The molecule has 0 amide bonds. The van der Waals surface area contributed by atoms with E-state index in [2.05, 4.69) is 15.3 Å². The van der Waals surface area contributed by atoms with Gasteiger partial charge in [-0.2, -0.15) is 14.9 Å². The monoisotopic (exact) mass is 334 g/mol. The first-order valence-corrected chi connectivity index (χ1v) is 7.28. The first-order chi connectivity index (χ1) is 10.7.